The number of nitro benzene ring substituents is 1. The molecule has 0 radical (unpaired) electrons. The minimum atomic E-state index is -0.656. The van der Waals surface area contributed by atoms with Crippen LogP contribution in [-0.4, -0.2) is 35.4 Å². The second-order valence-corrected chi connectivity index (χ2v) is 5.15. The van der Waals surface area contributed by atoms with Gasteiger partial charge in [0.25, 0.3) is 5.69 Å². The number of ether oxygens (including phenoxy) is 1. The van der Waals surface area contributed by atoms with Crippen molar-refractivity contribution >= 4 is 17.0 Å². The lowest BCUT2D eigenvalue weighted by Crippen LogP contribution is -2.18. The molecule has 0 aliphatic carbocycles. The lowest BCUT2D eigenvalue weighted by molar-refractivity contribution is -0.384. The van der Waals surface area contributed by atoms with Crippen LogP contribution in [0.25, 0.3) is 10.6 Å². The number of hydrogen-bond donors (Lipinski definition) is 1. The highest BCUT2D eigenvalue weighted by Gasteiger charge is 2.19. The van der Waals surface area contributed by atoms with Crippen LogP contribution in [0.2, 0.25) is 0 Å². The Labute approximate surface area is 123 Å². The van der Waals surface area contributed by atoms with E-state index in [0.29, 0.717) is 29.7 Å². The van der Waals surface area contributed by atoms with Gasteiger partial charge in [0, 0.05) is 20.2 Å². The van der Waals surface area contributed by atoms with Gasteiger partial charge >= 0.3 is 0 Å². The molecule has 0 amide bonds. The quantitative estimate of drug-likeness (QED) is 0.478. The van der Waals surface area contributed by atoms with Crippen molar-refractivity contribution < 1.29 is 14.1 Å². The van der Waals surface area contributed by atoms with E-state index >= 15 is 0 Å². The summed E-state index contributed by atoms with van der Waals surface area (Å²) in [6.07, 6.45) is 0. The maximum absolute atomic E-state index is 13.1. The van der Waals surface area contributed by atoms with Crippen molar-refractivity contribution in [1.29, 1.82) is 0 Å². The Bertz CT molecular complexity index is 635. The van der Waals surface area contributed by atoms with Crippen molar-refractivity contribution in [3.8, 4) is 10.6 Å². The highest BCUT2D eigenvalue weighted by Crippen LogP contribution is 2.32. The second kappa shape index (κ2) is 7.16. The predicted octanol–water partition coefficient (Wildman–Crippen LogP) is 1.99. The van der Waals surface area contributed by atoms with Crippen LogP contribution >= 0.6 is 11.3 Å². The van der Waals surface area contributed by atoms with Crippen LogP contribution in [-0.2, 0) is 11.3 Å². The molecule has 7 nitrogen and oxygen atoms in total. The summed E-state index contributed by atoms with van der Waals surface area (Å²) in [5, 5.41) is 23.0. The fourth-order valence-corrected chi connectivity index (χ4v) is 2.48. The average Bonchev–Trinajstić information content (AvgIpc) is 2.92. The molecular formula is C12H13FN4O3S. The van der Waals surface area contributed by atoms with Crippen LogP contribution in [0.3, 0.4) is 0 Å². The minimum Gasteiger partial charge on any atom is -0.383 e. The third-order valence-corrected chi connectivity index (χ3v) is 3.57. The molecule has 1 aromatic carbocycles. The van der Waals surface area contributed by atoms with Gasteiger partial charge in [0.2, 0.25) is 0 Å². The second-order valence-electron chi connectivity index (χ2n) is 4.09. The van der Waals surface area contributed by atoms with Gasteiger partial charge in [-0.2, -0.15) is 0 Å². The van der Waals surface area contributed by atoms with E-state index in [1.165, 1.54) is 23.5 Å². The first-order valence-electron chi connectivity index (χ1n) is 6.08. The molecule has 0 spiro atoms. The lowest BCUT2D eigenvalue weighted by Gasteiger charge is -2.00. The standard InChI is InChI=1S/C12H13FN4O3S/c1-20-5-4-14-7-11-15-16-12(21-11)9-3-2-8(13)6-10(9)17(18)19/h2-3,6,14H,4-5,7H2,1H3. The zero-order valence-corrected chi connectivity index (χ0v) is 12.0. The Morgan fingerprint density at radius 2 is 2.29 bits per heavy atom. The molecule has 0 atom stereocenters. The van der Waals surface area contributed by atoms with E-state index in [4.69, 9.17) is 4.74 Å². The molecule has 21 heavy (non-hydrogen) atoms. The number of benzene rings is 1. The van der Waals surface area contributed by atoms with Crippen molar-refractivity contribution in [2.24, 2.45) is 0 Å². The Balaban J connectivity index is 2.16. The van der Waals surface area contributed by atoms with Crippen LogP contribution in [0, 0.1) is 15.9 Å². The van der Waals surface area contributed by atoms with E-state index in [1.807, 2.05) is 0 Å². The number of hydrogen-bond acceptors (Lipinski definition) is 7. The summed E-state index contributed by atoms with van der Waals surface area (Å²) in [5.74, 6) is -0.656. The first-order chi connectivity index (χ1) is 10.1. The highest BCUT2D eigenvalue weighted by atomic mass is 32.1. The zero-order valence-electron chi connectivity index (χ0n) is 11.2. The number of rotatable bonds is 7. The molecule has 1 heterocycles. The van der Waals surface area contributed by atoms with E-state index in [-0.39, 0.29) is 11.3 Å². The van der Waals surface area contributed by atoms with Crippen LogP contribution in [0.1, 0.15) is 5.01 Å². The van der Waals surface area contributed by atoms with E-state index in [9.17, 15) is 14.5 Å². The first kappa shape index (κ1) is 15.4. The fraction of sp³-hybridized carbons (Fsp3) is 0.333. The third kappa shape index (κ3) is 4.00. The summed E-state index contributed by atoms with van der Waals surface area (Å²) < 4.78 is 18.0. The molecule has 0 saturated carbocycles. The van der Waals surface area contributed by atoms with Gasteiger partial charge in [-0.15, -0.1) is 10.2 Å². The maximum Gasteiger partial charge on any atom is 0.282 e. The average molecular weight is 312 g/mol. The number of halogens is 1. The molecule has 2 rings (SSSR count). The summed E-state index contributed by atoms with van der Waals surface area (Å²) in [6, 6.07) is 3.39. The van der Waals surface area contributed by atoms with Gasteiger partial charge < -0.3 is 10.1 Å². The summed E-state index contributed by atoms with van der Waals surface area (Å²) in [4.78, 5) is 10.3. The fourth-order valence-electron chi connectivity index (χ4n) is 1.64. The van der Waals surface area contributed by atoms with Crippen molar-refractivity contribution in [2.75, 3.05) is 20.3 Å². The topological polar surface area (TPSA) is 90.2 Å². The third-order valence-electron chi connectivity index (χ3n) is 2.61. The van der Waals surface area contributed by atoms with Crippen LogP contribution in [0.4, 0.5) is 10.1 Å². The molecule has 0 aliphatic heterocycles. The lowest BCUT2D eigenvalue weighted by atomic mass is 10.2. The number of nitro groups is 1. The molecule has 112 valence electrons. The molecule has 1 N–H and O–H groups in total. The molecule has 0 unspecified atom stereocenters. The zero-order chi connectivity index (χ0) is 15.2. The molecular weight excluding hydrogens is 299 g/mol. The molecule has 0 bridgehead atoms. The minimum absolute atomic E-state index is 0.266. The van der Waals surface area contributed by atoms with Crippen LogP contribution in [0.5, 0.6) is 0 Å². The molecule has 1 aromatic heterocycles. The van der Waals surface area contributed by atoms with Crippen molar-refractivity contribution in [1.82, 2.24) is 15.5 Å². The van der Waals surface area contributed by atoms with Crippen molar-refractivity contribution in [2.45, 2.75) is 6.54 Å². The number of nitrogens with zero attached hydrogens (tertiary/aromatic N) is 3. The van der Waals surface area contributed by atoms with E-state index in [1.54, 1.807) is 7.11 Å². The summed E-state index contributed by atoms with van der Waals surface area (Å²) in [6.45, 7) is 1.74. The first-order valence-corrected chi connectivity index (χ1v) is 6.90. The van der Waals surface area contributed by atoms with E-state index in [0.717, 1.165) is 6.07 Å². The monoisotopic (exact) mass is 312 g/mol. The largest absolute Gasteiger partial charge is 0.383 e. The van der Waals surface area contributed by atoms with E-state index in [2.05, 4.69) is 15.5 Å². The molecule has 0 saturated heterocycles. The van der Waals surface area contributed by atoms with Gasteiger partial charge in [-0.25, -0.2) is 4.39 Å². The number of methoxy groups -OCH3 is 1. The highest BCUT2D eigenvalue weighted by molar-refractivity contribution is 7.14. The number of nitrogens with one attached hydrogen (secondary N) is 1. The normalized spacial score (nSPS) is 10.8. The van der Waals surface area contributed by atoms with Gasteiger partial charge in [0.05, 0.1) is 23.2 Å². The smallest absolute Gasteiger partial charge is 0.282 e. The van der Waals surface area contributed by atoms with Crippen LogP contribution in [0.15, 0.2) is 18.2 Å². The summed E-state index contributed by atoms with van der Waals surface area (Å²) in [7, 11) is 1.61. The number of aromatic nitrogens is 2. The Morgan fingerprint density at radius 1 is 1.48 bits per heavy atom. The predicted molar refractivity (Wildman–Crippen MR) is 75.5 cm³/mol. The molecule has 0 fully saturated rings. The summed E-state index contributed by atoms with van der Waals surface area (Å²) in [5.41, 5.74) is -0.0490. The van der Waals surface area contributed by atoms with Gasteiger partial charge in [0.1, 0.15) is 10.8 Å². The van der Waals surface area contributed by atoms with Gasteiger partial charge in [-0.3, -0.25) is 10.1 Å². The van der Waals surface area contributed by atoms with E-state index < -0.39 is 10.7 Å². The van der Waals surface area contributed by atoms with Gasteiger partial charge in [-0.05, 0) is 12.1 Å². The Hall–Kier alpha value is -1.97. The SMILES string of the molecule is COCCNCc1nnc(-c2ccc(F)cc2[N+](=O)[O-])s1. The molecule has 2 aromatic rings. The Kier molecular flexibility index (Phi) is 5.26. The van der Waals surface area contributed by atoms with Crippen LogP contribution < -0.4 is 5.32 Å². The Morgan fingerprint density at radius 3 is 3.00 bits per heavy atom. The van der Waals surface area contributed by atoms with Crippen molar-refractivity contribution in [3.05, 3.63) is 39.1 Å². The molecule has 0 aliphatic rings. The van der Waals surface area contributed by atoms with Crippen molar-refractivity contribution in [3.63, 3.8) is 0 Å². The van der Waals surface area contributed by atoms with Gasteiger partial charge in [0.15, 0.2) is 5.01 Å². The summed E-state index contributed by atoms with van der Waals surface area (Å²) >= 11 is 1.23. The van der Waals surface area contributed by atoms with Gasteiger partial charge in [-0.1, -0.05) is 11.3 Å². The maximum atomic E-state index is 13.1. The molecule has 9 heteroatoms.